The van der Waals surface area contributed by atoms with Crippen molar-refractivity contribution in [1.82, 2.24) is 0 Å². The monoisotopic (exact) mass is 397 g/mol. The summed E-state index contributed by atoms with van der Waals surface area (Å²) in [5.41, 5.74) is 1.93. The number of carbonyl (C=O) groups excluding carboxylic acids is 1. The zero-order valence-electron chi connectivity index (χ0n) is 17.3. The van der Waals surface area contributed by atoms with Crippen LogP contribution in [-0.2, 0) is 4.74 Å². The van der Waals surface area contributed by atoms with E-state index in [-0.39, 0.29) is 5.97 Å². The minimum Gasteiger partial charge on any atom is -0.456 e. The van der Waals surface area contributed by atoms with Gasteiger partial charge < -0.3 is 10.1 Å². The molecule has 0 saturated heterocycles. The molecule has 0 heterocycles. The molecule has 0 fully saturated rings. The van der Waals surface area contributed by atoms with Crippen molar-refractivity contribution >= 4 is 44.8 Å². The molecule has 0 amide bonds. The highest BCUT2D eigenvalue weighted by Crippen LogP contribution is 2.41. The molecule has 0 aliphatic heterocycles. The Hall–Kier alpha value is -2.26. The van der Waals surface area contributed by atoms with Crippen LogP contribution in [0.25, 0.3) is 21.5 Å². The minimum atomic E-state index is -0.543. The van der Waals surface area contributed by atoms with Gasteiger partial charge in [0.2, 0.25) is 0 Å². The van der Waals surface area contributed by atoms with E-state index in [9.17, 15) is 4.79 Å². The molecule has 0 bridgehead atoms. The van der Waals surface area contributed by atoms with Gasteiger partial charge in [0.15, 0.2) is 0 Å². The molecule has 0 unspecified atom stereocenters. The highest BCUT2D eigenvalue weighted by molar-refractivity contribution is 6.42. The Morgan fingerprint density at radius 2 is 1.75 bits per heavy atom. The Bertz CT molecular complexity index is 1030. The van der Waals surface area contributed by atoms with E-state index >= 15 is 0 Å². The summed E-state index contributed by atoms with van der Waals surface area (Å²) in [7, 11) is 0. The highest BCUT2D eigenvalue weighted by Gasteiger charge is 2.22. The van der Waals surface area contributed by atoms with Gasteiger partial charge in [-0.25, -0.2) is 4.79 Å². The van der Waals surface area contributed by atoms with Crippen molar-refractivity contribution in [3.05, 3.63) is 52.5 Å². The first kappa shape index (κ1) is 20.5. The van der Waals surface area contributed by atoms with Gasteiger partial charge >= 0.3 is 5.97 Å². The number of ether oxygens (including phenoxy) is 1. The van der Waals surface area contributed by atoms with Gasteiger partial charge in [0, 0.05) is 28.1 Å². The lowest BCUT2D eigenvalue weighted by Crippen LogP contribution is -2.24. The topological polar surface area (TPSA) is 38.3 Å². The fourth-order valence-corrected chi connectivity index (χ4v) is 3.92. The SMILES string of the molecule is CCCCNc1c2ccccc2c(Cl)c2c(C)c(C(=O)OC(C)(C)C)ccc12. The van der Waals surface area contributed by atoms with Gasteiger partial charge in [-0.05, 0) is 45.7 Å². The zero-order chi connectivity index (χ0) is 20.5. The highest BCUT2D eigenvalue weighted by atomic mass is 35.5. The van der Waals surface area contributed by atoms with E-state index in [0.29, 0.717) is 10.6 Å². The molecule has 0 saturated carbocycles. The minimum absolute atomic E-state index is 0.323. The summed E-state index contributed by atoms with van der Waals surface area (Å²) in [6, 6.07) is 12.0. The number of aryl methyl sites for hydroxylation is 1. The van der Waals surface area contributed by atoms with Crippen LogP contribution in [0.5, 0.6) is 0 Å². The van der Waals surface area contributed by atoms with Gasteiger partial charge in [0.1, 0.15) is 5.60 Å². The van der Waals surface area contributed by atoms with Crippen molar-refractivity contribution in [3.8, 4) is 0 Å². The van der Waals surface area contributed by atoms with Crippen LogP contribution in [0.2, 0.25) is 5.02 Å². The van der Waals surface area contributed by atoms with Crippen LogP contribution >= 0.6 is 11.6 Å². The van der Waals surface area contributed by atoms with Gasteiger partial charge in [-0.3, -0.25) is 0 Å². The number of anilines is 1. The molecule has 0 spiro atoms. The molecule has 148 valence electrons. The molecule has 3 rings (SSSR count). The molecule has 3 aromatic rings. The second-order valence-corrected chi connectivity index (χ2v) is 8.56. The largest absolute Gasteiger partial charge is 0.456 e. The fourth-order valence-electron chi connectivity index (χ4n) is 3.51. The molecule has 4 heteroatoms. The van der Waals surface area contributed by atoms with E-state index in [0.717, 1.165) is 52.2 Å². The molecular formula is C24H28ClNO2. The van der Waals surface area contributed by atoms with E-state index in [4.69, 9.17) is 16.3 Å². The lowest BCUT2D eigenvalue weighted by atomic mass is 9.94. The predicted octanol–water partition coefficient (Wildman–Crippen LogP) is 7.12. The van der Waals surface area contributed by atoms with Crippen LogP contribution in [0, 0.1) is 6.92 Å². The van der Waals surface area contributed by atoms with Crippen LogP contribution < -0.4 is 5.32 Å². The van der Waals surface area contributed by atoms with Crippen LogP contribution in [0.3, 0.4) is 0 Å². The van der Waals surface area contributed by atoms with E-state index in [1.54, 1.807) is 0 Å². The van der Waals surface area contributed by atoms with Crippen molar-refractivity contribution in [2.45, 2.75) is 53.1 Å². The first-order valence-corrected chi connectivity index (χ1v) is 10.2. The van der Waals surface area contributed by atoms with Gasteiger partial charge in [-0.15, -0.1) is 0 Å². The third-order valence-electron chi connectivity index (χ3n) is 4.84. The number of carbonyl (C=O) groups is 1. The number of benzene rings is 3. The molecule has 0 radical (unpaired) electrons. The number of hydrogen-bond donors (Lipinski definition) is 1. The van der Waals surface area contributed by atoms with Crippen molar-refractivity contribution < 1.29 is 9.53 Å². The van der Waals surface area contributed by atoms with Crippen LogP contribution in [-0.4, -0.2) is 18.1 Å². The van der Waals surface area contributed by atoms with Gasteiger partial charge in [0.05, 0.1) is 16.3 Å². The molecule has 0 atom stereocenters. The number of rotatable bonds is 5. The van der Waals surface area contributed by atoms with Gasteiger partial charge in [-0.2, -0.15) is 0 Å². The van der Waals surface area contributed by atoms with Crippen molar-refractivity contribution in [3.63, 3.8) is 0 Å². The number of hydrogen-bond acceptors (Lipinski definition) is 3. The summed E-state index contributed by atoms with van der Waals surface area (Å²) < 4.78 is 5.59. The average molecular weight is 398 g/mol. The lowest BCUT2D eigenvalue weighted by Gasteiger charge is -2.22. The molecule has 3 nitrogen and oxygen atoms in total. The Morgan fingerprint density at radius 1 is 1.07 bits per heavy atom. The van der Waals surface area contributed by atoms with Crippen LogP contribution in [0.15, 0.2) is 36.4 Å². The van der Waals surface area contributed by atoms with Crippen molar-refractivity contribution in [2.75, 3.05) is 11.9 Å². The van der Waals surface area contributed by atoms with Crippen LogP contribution in [0.4, 0.5) is 5.69 Å². The summed E-state index contributed by atoms with van der Waals surface area (Å²) >= 11 is 6.84. The maximum Gasteiger partial charge on any atom is 0.338 e. The lowest BCUT2D eigenvalue weighted by molar-refractivity contribution is 0.00690. The van der Waals surface area contributed by atoms with Crippen LogP contribution in [0.1, 0.15) is 56.5 Å². The zero-order valence-corrected chi connectivity index (χ0v) is 18.0. The average Bonchev–Trinajstić information content (AvgIpc) is 2.63. The number of halogens is 1. The van der Waals surface area contributed by atoms with Crippen molar-refractivity contribution in [1.29, 1.82) is 0 Å². The first-order chi connectivity index (χ1) is 13.2. The number of esters is 1. The Morgan fingerprint density at radius 3 is 2.39 bits per heavy atom. The summed E-state index contributed by atoms with van der Waals surface area (Å²) in [6.07, 6.45) is 2.21. The summed E-state index contributed by atoms with van der Waals surface area (Å²) in [6.45, 7) is 10.6. The number of nitrogens with one attached hydrogen (secondary N) is 1. The van der Waals surface area contributed by atoms with E-state index in [1.165, 1.54) is 0 Å². The third kappa shape index (κ3) is 3.95. The van der Waals surface area contributed by atoms with E-state index in [1.807, 2.05) is 58.0 Å². The smallest absolute Gasteiger partial charge is 0.338 e. The Kier molecular flexibility index (Phi) is 5.85. The Balaban J connectivity index is 2.25. The van der Waals surface area contributed by atoms with Crippen molar-refractivity contribution in [2.24, 2.45) is 0 Å². The molecular weight excluding hydrogens is 370 g/mol. The Labute approximate surface area is 172 Å². The maximum absolute atomic E-state index is 12.7. The number of unbranched alkanes of at least 4 members (excludes halogenated alkanes) is 1. The second-order valence-electron chi connectivity index (χ2n) is 8.18. The van der Waals surface area contributed by atoms with Gasteiger partial charge in [0.25, 0.3) is 0 Å². The molecule has 28 heavy (non-hydrogen) atoms. The molecule has 0 aliphatic rings. The summed E-state index contributed by atoms with van der Waals surface area (Å²) in [5, 5.41) is 8.29. The second kappa shape index (κ2) is 8.00. The molecule has 1 N–H and O–H groups in total. The van der Waals surface area contributed by atoms with E-state index in [2.05, 4.69) is 18.3 Å². The standard InChI is InChI=1S/C24H28ClNO2/c1-6-7-14-26-22-18-11-9-8-10-17(18)21(25)20-15(2)16(12-13-19(20)22)23(27)28-24(3,4)5/h8-13,26H,6-7,14H2,1-5H3. The molecule has 0 aromatic heterocycles. The first-order valence-electron chi connectivity index (χ1n) is 9.85. The summed E-state index contributed by atoms with van der Waals surface area (Å²) in [5.74, 6) is -0.323. The van der Waals surface area contributed by atoms with E-state index < -0.39 is 5.60 Å². The fraction of sp³-hybridized carbons (Fsp3) is 0.375. The maximum atomic E-state index is 12.7. The van der Waals surface area contributed by atoms with Gasteiger partial charge in [-0.1, -0.05) is 55.3 Å². The summed E-state index contributed by atoms with van der Waals surface area (Å²) in [4.78, 5) is 12.7. The molecule has 0 aliphatic carbocycles. The predicted molar refractivity (Wildman–Crippen MR) is 120 cm³/mol. The quantitative estimate of drug-likeness (QED) is 0.283. The third-order valence-corrected chi connectivity index (χ3v) is 5.23. The normalized spacial score (nSPS) is 11.8. The molecule has 3 aromatic carbocycles. The number of fused-ring (bicyclic) bond motifs is 2.